The van der Waals surface area contributed by atoms with Gasteiger partial charge in [-0.05, 0) is 27.2 Å². The van der Waals surface area contributed by atoms with Gasteiger partial charge in [0, 0.05) is 0 Å². The van der Waals surface area contributed by atoms with E-state index in [2.05, 4.69) is 5.48 Å². The fourth-order valence-electron chi connectivity index (χ4n) is 0.328. The molecule has 0 saturated carbocycles. The highest BCUT2D eigenvalue weighted by atomic mass is 16.7. The van der Waals surface area contributed by atoms with Gasteiger partial charge in [-0.2, -0.15) is 5.48 Å². The van der Waals surface area contributed by atoms with E-state index in [9.17, 15) is 0 Å². The smallest absolute Gasteiger partial charge is 0.126 e. The van der Waals surface area contributed by atoms with E-state index >= 15 is 0 Å². The van der Waals surface area contributed by atoms with Crippen molar-refractivity contribution in [2.45, 2.75) is 45.9 Å². The van der Waals surface area contributed by atoms with Gasteiger partial charge in [-0.15, -0.1) is 0 Å². The van der Waals surface area contributed by atoms with Crippen LogP contribution in [-0.4, -0.2) is 16.9 Å². The third kappa shape index (κ3) is 6.01. The summed E-state index contributed by atoms with van der Waals surface area (Å²) in [6.07, 6.45) is 0.0926. The largest absolute Gasteiger partial charge is 0.377 e. The van der Waals surface area contributed by atoms with E-state index in [4.69, 9.17) is 9.94 Å². The highest BCUT2D eigenvalue weighted by Crippen LogP contribution is 2.04. The Morgan fingerprint density at radius 2 is 2.00 bits per heavy atom. The molecule has 10 heavy (non-hydrogen) atoms. The van der Waals surface area contributed by atoms with Crippen LogP contribution < -0.4 is 5.48 Å². The lowest BCUT2D eigenvalue weighted by atomic mass is 10.2. The Hall–Kier alpha value is -0.120. The van der Waals surface area contributed by atoms with E-state index in [1.54, 1.807) is 0 Å². The van der Waals surface area contributed by atoms with Crippen LogP contribution in [0.5, 0.6) is 0 Å². The molecule has 0 bridgehead atoms. The van der Waals surface area contributed by atoms with Crippen molar-refractivity contribution >= 4 is 0 Å². The van der Waals surface area contributed by atoms with Gasteiger partial charge in [-0.1, -0.05) is 6.92 Å². The molecule has 0 aromatic carbocycles. The van der Waals surface area contributed by atoms with Gasteiger partial charge in [0.25, 0.3) is 0 Å². The summed E-state index contributed by atoms with van der Waals surface area (Å²) in [5.74, 6) is 0. The number of rotatable bonds is 3. The molecular weight excluding hydrogens is 130 g/mol. The molecule has 1 unspecified atom stereocenters. The molecule has 1 atom stereocenters. The maximum absolute atomic E-state index is 8.99. The van der Waals surface area contributed by atoms with E-state index in [1.807, 2.05) is 27.7 Å². The predicted molar refractivity (Wildman–Crippen MR) is 40.3 cm³/mol. The Morgan fingerprint density at radius 1 is 1.50 bits per heavy atom. The fourth-order valence-corrected chi connectivity index (χ4v) is 0.328. The summed E-state index contributed by atoms with van der Waals surface area (Å²) in [7, 11) is 0. The van der Waals surface area contributed by atoms with Crippen LogP contribution >= 0.6 is 0 Å². The summed E-state index contributed by atoms with van der Waals surface area (Å²) in [4.78, 5) is 5.08. The highest BCUT2D eigenvalue weighted by Gasteiger charge is 2.11. The molecule has 3 heteroatoms. The molecule has 0 radical (unpaired) electrons. The van der Waals surface area contributed by atoms with Gasteiger partial charge in [0.2, 0.25) is 0 Å². The molecule has 3 nitrogen and oxygen atoms in total. The summed E-state index contributed by atoms with van der Waals surface area (Å²) < 4.78 is 0. The topological polar surface area (TPSA) is 41.5 Å². The van der Waals surface area contributed by atoms with E-state index in [1.165, 1.54) is 0 Å². The van der Waals surface area contributed by atoms with E-state index in [0.29, 0.717) is 6.42 Å². The molecule has 62 valence electrons. The van der Waals surface area contributed by atoms with Gasteiger partial charge in [0.05, 0.1) is 5.60 Å². The van der Waals surface area contributed by atoms with Crippen LogP contribution in [0.25, 0.3) is 0 Å². The van der Waals surface area contributed by atoms with Gasteiger partial charge in [0.15, 0.2) is 0 Å². The summed E-state index contributed by atoms with van der Waals surface area (Å²) >= 11 is 0. The molecule has 0 heterocycles. The first-order valence-corrected chi connectivity index (χ1v) is 3.57. The summed E-state index contributed by atoms with van der Waals surface area (Å²) in [5, 5.41) is 8.99. The van der Waals surface area contributed by atoms with E-state index in [-0.39, 0.29) is 5.60 Å². The maximum Gasteiger partial charge on any atom is 0.126 e. The van der Waals surface area contributed by atoms with Gasteiger partial charge >= 0.3 is 0 Å². The Kier molecular flexibility index (Phi) is 3.86. The molecule has 0 aromatic heterocycles. The first-order chi connectivity index (χ1) is 4.45. The number of hydrogen-bond donors (Lipinski definition) is 2. The summed E-state index contributed by atoms with van der Waals surface area (Å²) in [6.45, 7) is 7.64. The van der Waals surface area contributed by atoms with Crippen molar-refractivity contribution in [2.75, 3.05) is 0 Å². The van der Waals surface area contributed by atoms with E-state index in [0.717, 1.165) is 0 Å². The Balaban J connectivity index is 3.36. The van der Waals surface area contributed by atoms with Crippen molar-refractivity contribution in [3.8, 4) is 0 Å². The molecule has 0 rings (SSSR count). The summed E-state index contributed by atoms with van der Waals surface area (Å²) in [5.41, 5.74) is 2.29. The van der Waals surface area contributed by atoms with Crippen LogP contribution in [0.15, 0.2) is 0 Å². The van der Waals surface area contributed by atoms with Gasteiger partial charge in [0.1, 0.15) is 6.23 Å². The average molecular weight is 147 g/mol. The second-order valence-electron chi connectivity index (χ2n) is 3.26. The average Bonchev–Trinajstić information content (AvgIpc) is 1.81. The zero-order valence-corrected chi connectivity index (χ0v) is 7.14. The molecule has 0 spiro atoms. The summed E-state index contributed by atoms with van der Waals surface area (Å²) in [6, 6.07) is 0. The SMILES string of the molecule is CCC(O)NOC(C)(C)C. The number of aliphatic hydroxyl groups is 1. The predicted octanol–water partition coefficient (Wildman–Crippen LogP) is 1.03. The first kappa shape index (κ1) is 9.88. The lowest BCUT2D eigenvalue weighted by Gasteiger charge is -2.21. The van der Waals surface area contributed by atoms with Crippen molar-refractivity contribution < 1.29 is 9.94 Å². The second-order valence-corrected chi connectivity index (χ2v) is 3.26. The maximum atomic E-state index is 8.99. The molecule has 0 amide bonds. The minimum absolute atomic E-state index is 0.240. The standard InChI is InChI=1S/C7H17NO2/c1-5-6(9)8-10-7(2,3)4/h6,8-9H,5H2,1-4H3. The lowest BCUT2D eigenvalue weighted by Crippen LogP contribution is -2.36. The quantitative estimate of drug-likeness (QED) is 0.463. The third-order valence-corrected chi connectivity index (χ3v) is 0.888. The highest BCUT2D eigenvalue weighted by molar-refractivity contribution is 4.56. The molecule has 0 aromatic rings. The first-order valence-electron chi connectivity index (χ1n) is 3.57. The van der Waals surface area contributed by atoms with Gasteiger partial charge < -0.3 is 5.11 Å². The number of nitrogens with one attached hydrogen (secondary N) is 1. The van der Waals surface area contributed by atoms with Crippen molar-refractivity contribution in [1.29, 1.82) is 0 Å². The zero-order chi connectivity index (χ0) is 8.20. The van der Waals surface area contributed by atoms with Crippen LogP contribution in [0.3, 0.4) is 0 Å². The minimum atomic E-state index is -0.556. The number of hydrogen-bond acceptors (Lipinski definition) is 3. The van der Waals surface area contributed by atoms with Crippen molar-refractivity contribution in [2.24, 2.45) is 0 Å². The van der Waals surface area contributed by atoms with Gasteiger partial charge in [-0.25, -0.2) is 0 Å². The molecule has 2 N–H and O–H groups in total. The zero-order valence-electron chi connectivity index (χ0n) is 7.14. The normalized spacial score (nSPS) is 15.3. The van der Waals surface area contributed by atoms with Crippen LogP contribution in [-0.2, 0) is 4.84 Å². The molecule has 0 aliphatic heterocycles. The van der Waals surface area contributed by atoms with Crippen molar-refractivity contribution in [1.82, 2.24) is 5.48 Å². The Morgan fingerprint density at radius 3 is 2.30 bits per heavy atom. The molecule has 0 saturated heterocycles. The third-order valence-electron chi connectivity index (χ3n) is 0.888. The Bertz CT molecular complexity index is 88.1. The van der Waals surface area contributed by atoms with Crippen LogP contribution in [0.1, 0.15) is 34.1 Å². The van der Waals surface area contributed by atoms with Crippen LogP contribution in [0.4, 0.5) is 0 Å². The number of hydroxylamine groups is 1. The van der Waals surface area contributed by atoms with E-state index < -0.39 is 6.23 Å². The lowest BCUT2D eigenvalue weighted by molar-refractivity contribution is -0.130. The minimum Gasteiger partial charge on any atom is -0.377 e. The Labute approximate surface area is 62.3 Å². The molecule has 0 aliphatic carbocycles. The number of aliphatic hydroxyl groups excluding tert-OH is 1. The van der Waals surface area contributed by atoms with Crippen molar-refractivity contribution in [3.63, 3.8) is 0 Å². The second kappa shape index (κ2) is 3.91. The fraction of sp³-hybridized carbons (Fsp3) is 1.00. The molecule has 0 aliphatic rings. The van der Waals surface area contributed by atoms with Crippen LogP contribution in [0.2, 0.25) is 0 Å². The van der Waals surface area contributed by atoms with Crippen molar-refractivity contribution in [3.05, 3.63) is 0 Å². The van der Waals surface area contributed by atoms with Gasteiger partial charge in [-0.3, -0.25) is 4.84 Å². The molecular formula is C7H17NO2. The van der Waals surface area contributed by atoms with Crippen LogP contribution in [0, 0.1) is 0 Å². The molecule has 0 fully saturated rings. The monoisotopic (exact) mass is 147 g/mol.